The molecule has 110 valence electrons. The van der Waals surface area contributed by atoms with Crippen LogP contribution in [-0.4, -0.2) is 36.6 Å². The lowest BCUT2D eigenvalue weighted by Gasteiger charge is -2.30. The second kappa shape index (κ2) is 5.95. The molecule has 3 nitrogen and oxygen atoms in total. The number of carbonyl (C=O) groups excluding carboxylic acids is 1. The Bertz CT molecular complexity index is 638. The monoisotopic (exact) mass is 305 g/mol. The first-order chi connectivity index (χ1) is 10.1. The van der Waals surface area contributed by atoms with E-state index in [0.717, 1.165) is 10.4 Å². The van der Waals surface area contributed by atoms with Gasteiger partial charge in [0.1, 0.15) is 5.82 Å². The Labute approximate surface area is 127 Å². The predicted molar refractivity (Wildman–Crippen MR) is 81.0 cm³/mol. The van der Waals surface area contributed by atoms with Gasteiger partial charge in [0.05, 0.1) is 17.6 Å². The fourth-order valence-electron chi connectivity index (χ4n) is 2.38. The van der Waals surface area contributed by atoms with Crippen molar-refractivity contribution < 1.29 is 13.9 Å². The molecule has 0 bridgehead atoms. The van der Waals surface area contributed by atoms with E-state index in [1.807, 2.05) is 24.0 Å². The van der Waals surface area contributed by atoms with Crippen molar-refractivity contribution in [3.05, 3.63) is 47.1 Å². The molecular formula is C16H16FNO2S. The van der Waals surface area contributed by atoms with Crippen LogP contribution in [0.1, 0.15) is 16.6 Å². The minimum absolute atomic E-state index is 0.0449. The van der Waals surface area contributed by atoms with E-state index < -0.39 is 0 Å². The summed E-state index contributed by atoms with van der Waals surface area (Å²) in [5, 5.41) is 0. The summed E-state index contributed by atoms with van der Waals surface area (Å²) in [5.41, 5.74) is 0.927. The third-order valence-corrected chi connectivity index (χ3v) is 4.60. The minimum Gasteiger partial charge on any atom is -0.375 e. The molecule has 5 heteroatoms. The molecule has 3 rings (SSSR count). The normalized spacial score (nSPS) is 18.8. The summed E-state index contributed by atoms with van der Waals surface area (Å²) in [5.74, 6) is -0.211. The van der Waals surface area contributed by atoms with Gasteiger partial charge < -0.3 is 9.64 Å². The molecule has 1 saturated heterocycles. The van der Waals surface area contributed by atoms with Crippen LogP contribution in [0.3, 0.4) is 0 Å². The summed E-state index contributed by atoms with van der Waals surface area (Å²) in [6, 6.07) is 10.1. The van der Waals surface area contributed by atoms with E-state index in [0.29, 0.717) is 24.6 Å². The standard InChI is InChI=1S/C16H16FNO2S/c1-11-10-18(8-9-20-11)16(19)15-7-6-14(21-15)12-2-4-13(17)5-3-12/h2-7,11H,8-10H2,1H3. The molecule has 1 aromatic carbocycles. The number of hydrogen-bond acceptors (Lipinski definition) is 3. The lowest BCUT2D eigenvalue weighted by atomic mass is 10.2. The van der Waals surface area contributed by atoms with Crippen molar-refractivity contribution in [1.29, 1.82) is 0 Å². The highest BCUT2D eigenvalue weighted by Crippen LogP contribution is 2.29. The Morgan fingerprint density at radius 1 is 1.29 bits per heavy atom. The van der Waals surface area contributed by atoms with Crippen molar-refractivity contribution in [2.45, 2.75) is 13.0 Å². The molecule has 1 aliphatic heterocycles. The highest BCUT2D eigenvalue weighted by Gasteiger charge is 2.23. The Balaban J connectivity index is 1.78. The maximum absolute atomic E-state index is 12.9. The summed E-state index contributed by atoms with van der Waals surface area (Å²) >= 11 is 1.44. The molecule has 2 aromatic rings. The van der Waals surface area contributed by atoms with Crippen molar-refractivity contribution in [3.8, 4) is 10.4 Å². The van der Waals surface area contributed by atoms with Gasteiger partial charge in [0.25, 0.3) is 5.91 Å². The van der Waals surface area contributed by atoms with Gasteiger partial charge in [-0.25, -0.2) is 4.39 Å². The number of ether oxygens (including phenoxy) is 1. The summed E-state index contributed by atoms with van der Waals surface area (Å²) in [4.78, 5) is 16.0. The Morgan fingerprint density at radius 2 is 2.05 bits per heavy atom. The van der Waals surface area contributed by atoms with Crippen LogP contribution in [0.25, 0.3) is 10.4 Å². The van der Waals surface area contributed by atoms with Crippen LogP contribution in [0.2, 0.25) is 0 Å². The number of nitrogens with zero attached hydrogens (tertiary/aromatic N) is 1. The molecule has 0 spiro atoms. The van der Waals surface area contributed by atoms with Crippen molar-refractivity contribution >= 4 is 17.2 Å². The molecule has 1 aliphatic rings. The minimum atomic E-state index is -0.256. The molecule has 0 radical (unpaired) electrons. The quantitative estimate of drug-likeness (QED) is 0.851. The lowest BCUT2D eigenvalue weighted by molar-refractivity contribution is -0.0122. The smallest absolute Gasteiger partial charge is 0.264 e. The first kappa shape index (κ1) is 14.2. The van der Waals surface area contributed by atoms with Crippen LogP contribution in [0.15, 0.2) is 36.4 Å². The average Bonchev–Trinajstić information content (AvgIpc) is 2.97. The van der Waals surface area contributed by atoms with E-state index in [1.54, 1.807) is 12.1 Å². The molecule has 1 atom stereocenters. The van der Waals surface area contributed by atoms with Crippen LogP contribution in [0, 0.1) is 5.82 Å². The summed E-state index contributed by atoms with van der Waals surface area (Å²) in [6.45, 7) is 3.82. The van der Waals surface area contributed by atoms with Crippen LogP contribution < -0.4 is 0 Å². The molecule has 1 unspecified atom stereocenters. The molecular weight excluding hydrogens is 289 g/mol. The van der Waals surface area contributed by atoms with Crippen LogP contribution in [0.5, 0.6) is 0 Å². The SMILES string of the molecule is CC1CN(C(=O)c2ccc(-c3ccc(F)cc3)s2)CCO1. The zero-order valence-electron chi connectivity index (χ0n) is 11.7. The second-order valence-electron chi connectivity index (χ2n) is 5.10. The van der Waals surface area contributed by atoms with Gasteiger partial charge in [0, 0.05) is 18.0 Å². The predicted octanol–water partition coefficient (Wildman–Crippen LogP) is 3.42. The maximum atomic E-state index is 12.9. The van der Waals surface area contributed by atoms with E-state index in [-0.39, 0.29) is 17.8 Å². The van der Waals surface area contributed by atoms with E-state index in [1.165, 1.54) is 23.5 Å². The molecule has 1 amide bonds. The van der Waals surface area contributed by atoms with Gasteiger partial charge in [-0.1, -0.05) is 12.1 Å². The van der Waals surface area contributed by atoms with Crippen molar-refractivity contribution in [1.82, 2.24) is 4.90 Å². The van der Waals surface area contributed by atoms with Gasteiger partial charge in [0.2, 0.25) is 0 Å². The summed E-state index contributed by atoms with van der Waals surface area (Å²) in [6.07, 6.45) is 0.0826. The molecule has 1 fully saturated rings. The molecule has 0 aliphatic carbocycles. The number of hydrogen-bond donors (Lipinski definition) is 0. The van der Waals surface area contributed by atoms with Crippen molar-refractivity contribution in [3.63, 3.8) is 0 Å². The maximum Gasteiger partial charge on any atom is 0.264 e. The zero-order chi connectivity index (χ0) is 14.8. The number of rotatable bonds is 2. The van der Waals surface area contributed by atoms with Gasteiger partial charge in [-0.15, -0.1) is 11.3 Å². The number of carbonyl (C=O) groups is 1. The van der Waals surface area contributed by atoms with E-state index in [2.05, 4.69) is 0 Å². The molecule has 1 aromatic heterocycles. The third kappa shape index (κ3) is 3.14. The topological polar surface area (TPSA) is 29.5 Å². The largest absolute Gasteiger partial charge is 0.375 e. The van der Waals surface area contributed by atoms with Crippen LogP contribution in [0.4, 0.5) is 4.39 Å². The number of benzene rings is 1. The van der Waals surface area contributed by atoms with E-state index in [4.69, 9.17) is 4.74 Å². The Hall–Kier alpha value is -1.72. The zero-order valence-corrected chi connectivity index (χ0v) is 12.5. The fraction of sp³-hybridized carbons (Fsp3) is 0.312. The average molecular weight is 305 g/mol. The molecule has 2 heterocycles. The van der Waals surface area contributed by atoms with Crippen molar-refractivity contribution in [2.24, 2.45) is 0 Å². The third-order valence-electron chi connectivity index (χ3n) is 3.47. The lowest BCUT2D eigenvalue weighted by Crippen LogP contribution is -2.44. The van der Waals surface area contributed by atoms with Gasteiger partial charge >= 0.3 is 0 Å². The van der Waals surface area contributed by atoms with Crippen LogP contribution in [-0.2, 0) is 4.74 Å². The molecule has 0 saturated carbocycles. The van der Waals surface area contributed by atoms with E-state index >= 15 is 0 Å². The second-order valence-corrected chi connectivity index (χ2v) is 6.19. The summed E-state index contributed by atoms with van der Waals surface area (Å²) < 4.78 is 18.4. The Morgan fingerprint density at radius 3 is 2.76 bits per heavy atom. The summed E-state index contributed by atoms with van der Waals surface area (Å²) in [7, 11) is 0. The highest BCUT2D eigenvalue weighted by atomic mass is 32.1. The molecule has 0 N–H and O–H groups in total. The number of thiophene rings is 1. The molecule has 21 heavy (non-hydrogen) atoms. The highest BCUT2D eigenvalue weighted by molar-refractivity contribution is 7.17. The van der Waals surface area contributed by atoms with Gasteiger partial charge in [-0.05, 0) is 36.8 Å². The first-order valence-electron chi connectivity index (χ1n) is 6.90. The number of morpholine rings is 1. The van der Waals surface area contributed by atoms with Gasteiger partial charge in [-0.2, -0.15) is 0 Å². The number of amides is 1. The fourth-order valence-corrected chi connectivity index (χ4v) is 3.36. The van der Waals surface area contributed by atoms with E-state index in [9.17, 15) is 9.18 Å². The van der Waals surface area contributed by atoms with Crippen molar-refractivity contribution in [2.75, 3.05) is 19.7 Å². The first-order valence-corrected chi connectivity index (χ1v) is 7.72. The number of halogens is 1. The van der Waals surface area contributed by atoms with Gasteiger partial charge in [-0.3, -0.25) is 4.79 Å². The van der Waals surface area contributed by atoms with Crippen LogP contribution >= 0.6 is 11.3 Å². The Kier molecular flexibility index (Phi) is 4.03. The van der Waals surface area contributed by atoms with Gasteiger partial charge in [0.15, 0.2) is 0 Å².